The zero-order valence-electron chi connectivity index (χ0n) is 34.5. The summed E-state index contributed by atoms with van der Waals surface area (Å²) in [6, 6.07) is 78.2. The predicted octanol–water partition coefficient (Wildman–Crippen LogP) is 17.1. The smallest absolute Gasteiger partial charge is 0.0543 e. The molecule has 0 fully saturated rings. The summed E-state index contributed by atoms with van der Waals surface area (Å²) >= 11 is 0. The molecule has 0 radical (unpaired) electrons. The van der Waals surface area contributed by atoms with E-state index in [1.807, 2.05) is 0 Å². The number of para-hydroxylation sites is 1. The highest BCUT2D eigenvalue weighted by atomic mass is 15.1. The molecule has 0 spiro atoms. The number of nitrogens with one attached hydrogen (secondary N) is 1. The molecule has 0 atom stereocenters. The molecule has 0 unspecified atom stereocenters. The molecule has 0 aromatic heterocycles. The summed E-state index contributed by atoms with van der Waals surface area (Å²) in [5, 5.41) is 6.25. The number of benzene rings is 9. The summed E-state index contributed by atoms with van der Waals surface area (Å²) in [4.78, 5) is 2.32. The van der Waals surface area contributed by atoms with Crippen molar-refractivity contribution in [2.75, 3.05) is 10.2 Å². The van der Waals surface area contributed by atoms with Crippen LogP contribution in [-0.2, 0) is 0 Å². The van der Waals surface area contributed by atoms with Crippen LogP contribution in [0.2, 0.25) is 0 Å². The van der Waals surface area contributed by atoms with Crippen LogP contribution >= 0.6 is 0 Å². The molecule has 0 bridgehead atoms. The van der Waals surface area contributed by atoms with Gasteiger partial charge in [0.25, 0.3) is 0 Å². The molecule has 2 nitrogen and oxygen atoms in total. The van der Waals surface area contributed by atoms with Gasteiger partial charge in [-0.25, -0.2) is 0 Å². The molecule has 294 valence electrons. The summed E-state index contributed by atoms with van der Waals surface area (Å²) in [6.45, 7) is 6.70. The number of allylic oxidation sites excluding steroid dienone is 3. The lowest BCUT2D eigenvalue weighted by atomic mass is 9.96. The van der Waals surface area contributed by atoms with Gasteiger partial charge in [-0.2, -0.15) is 0 Å². The average Bonchev–Trinajstić information content (AvgIpc) is 3.33. The van der Waals surface area contributed by atoms with Gasteiger partial charge in [-0.3, -0.25) is 0 Å². The molecule has 0 aliphatic heterocycles. The van der Waals surface area contributed by atoms with Gasteiger partial charge < -0.3 is 10.2 Å². The predicted molar refractivity (Wildman–Crippen MR) is 263 cm³/mol. The molecule has 0 saturated heterocycles. The van der Waals surface area contributed by atoms with Gasteiger partial charge in [0, 0.05) is 33.7 Å². The minimum absolute atomic E-state index is 0.992. The van der Waals surface area contributed by atoms with E-state index in [1.165, 1.54) is 33.2 Å². The first kappa shape index (κ1) is 38.8. The van der Waals surface area contributed by atoms with Crippen LogP contribution in [-0.4, -0.2) is 0 Å². The molecular formula is C59H48N2. The Labute approximate surface area is 360 Å². The van der Waals surface area contributed by atoms with Crippen molar-refractivity contribution in [1.29, 1.82) is 0 Å². The minimum Gasteiger partial charge on any atom is -0.354 e. The van der Waals surface area contributed by atoms with E-state index in [-0.39, 0.29) is 0 Å². The maximum atomic E-state index is 4.50. The molecule has 61 heavy (non-hydrogen) atoms. The normalized spacial score (nSPS) is 11.2. The Morgan fingerprint density at radius 2 is 0.902 bits per heavy atom. The molecule has 0 aliphatic carbocycles. The van der Waals surface area contributed by atoms with Crippen LogP contribution < -0.4 is 10.2 Å². The second-order valence-corrected chi connectivity index (χ2v) is 15.4. The SMILES string of the molecule is C=C(/C=C\CCC)c1ccc2ccccc2c1Nc1cc(-c2ccccc2)cc(-c2ccc(N(c3ccccc3)c3ccc(-c4ccc(-c5ccccc5)cc4)cc3)cc2)c1. The van der Waals surface area contributed by atoms with Gasteiger partial charge in [-0.05, 0) is 116 Å². The fourth-order valence-electron chi connectivity index (χ4n) is 8.08. The van der Waals surface area contributed by atoms with E-state index in [0.717, 1.165) is 74.5 Å². The van der Waals surface area contributed by atoms with Crippen LogP contribution in [0.3, 0.4) is 0 Å². The van der Waals surface area contributed by atoms with E-state index in [2.05, 4.69) is 254 Å². The minimum atomic E-state index is 0.992. The van der Waals surface area contributed by atoms with E-state index < -0.39 is 0 Å². The monoisotopic (exact) mass is 784 g/mol. The average molecular weight is 785 g/mol. The molecule has 9 aromatic rings. The van der Waals surface area contributed by atoms with Crippen LogP contribution in [0.5, 0.6) is 0 Å². The summed E-state index contributed by atoms with van der Waals surface area (Å²) < 4.78 is 0. The quantitative estimate of drug-likeness (QED) is 0.117. The fraction of sp³-hybridized carbons (Fsp3) is 0.0508. The van der Waals surface area contributed by atoms with Crippen molar-refractivity contribution in [2.24, 2.45) is 0 Å². The lowest BCUT2D eigenvalue weighted by molar-refractivity contribution is 0.959. The molecule has 0 saturated carbocycles. The van der Waals surface area contributed by atoms with E-state index in [1.54, 1.807) is 0 Å². The first-order chi connectivity index (χ1) is 30.1. The Bertz CT molecular complexity index is 2910. The Kier molecular flexibility index (Phi) is 11.5. The Hall–Kier alpha value is -7.68. The van der Waals surface area contributed by atoms with E-state index in [9.17, 15) is 0 Å². The molecule has 0 aliphatic rings. The van der Waals surface area contributed by atoms with Crippen molar-refractivity contribution in [3.63, 3.8) is 0 Å². The zero-order valence-corrected chi connectivity index (χ0v) is 34.5. The lowest BCUT2D eigenvalue weighted by Crippen LogP contribution is -2.09. The third-order valence-electron chi connectivity index (χ3n) is 11.3. The van der Waals surface area contributed by atoms with Crippen molar-refractivity contribution < 1.29 is 0 Å². The molecule has 1 N–H and O–H groups in total. The first-order valence-electron chi connectivity index (χ1n) is 21.2. The fourth-order valence-corrected chi connectivity index (χ4v) is 8.08. The van der Waals surface area contributed by atoms with Crippen LogP contribution in [0, 0.1) is 0 Å². The molecule has 0 amide bonds. The zero-order chi connectivity index (χ0) is 41.4. The molecule has 0 heterocycles. The molecule has 9 rings (SSSR count). The van der Waals surface area contributed by atoms with Gasteiger partial charge in [-0.15, -0.1) is 0 Å². The van der Waals surface area contributed by atoms with Gasteiger partial charge >= 0.3 is 0 Å². The summed E-state index contributed by atoms with van der Waals surface area (Å²) in [6.07, 6.45) is 6.51. The van der Waals surface area contributed by atoms with Gasteiger partial charge in [0.2, 0.25) is 0 Å². The van der Waals surface area contributed by atoms with Crippen molar-refractivity contribution in [3.8, 4) is 44.5 Å². The van der Waals surface area contributed by atoms with Crippen LogP contribution in [0.25, 0.3) is 60.9 Å². The summed E-state index contributed by atoms with van der Waals surface area (Å²) in [7, 11) is 0. The number of rotatable bonds is 13. The second kappa shape index (κ2) is 18.1. The van der Waals surface area contributed by atoms with Crippen molar-refractivity contribution in [2.45, 2.75) is 19.8 Å². The number of anilines is 5. The van der Waals surface area contributed by atoms with E-state index in [0.29, 0.717) is 0 Å². The number of unbranched alkanes of at least 4 members (excludes halogenated alkanes) is 1. The lowest BCUT2D eigenvalue weighted by Gasteiger charge is -2.26. The van der Waals surface area contributed by atoms with Crippen molar-refractivity contribution in [3.05, 3.63) is 243 Å². The Morgan fingerprint density at radius 3 is 1.46 bits per heavy atom. The van der Waals surface area contributed by atoms with Gasteiger partial charge in [0.1, 0.15) is 0 Å². The highest BCUT2D eigenvalue weighted by molar-refractivity contribution is 6.02. The first-order valence-corrected chi connectivity index (χ1v) is 21.2. The highest BCUT2D eigenvalue weighted by Gasteiger charge is 2.15. The number of hydrogen-bond acceptors (Lipinski definition) is 2. The number of fused-ring (bicyclic) bond motifs is 1. The number of nitrogens with zero attached hydrogens (tertiary/aromatic N) is 1. The summed E-state index contributed by atoms with van der Waals surface area (Å²) in [5.41, 5.74) is 16.8. The molecule has 9 aromatic carbocycles. The number of hydrogen-bond donors (Lipinski definition) is 1. The summed E-state index contributed by atoms with van der Waals surface area (Å²) in [5.74, 6) is 0. The van der Waals surface area contributed by atoms with Crippen molar-refractivity contribution >= 4 is 44.8 Å². The third kappa shape index (κ3) is 8.71. The topological polar surface area (TPSA) is 15.3 Å². The van der Waals surface area contributed by atoms with Crippen LogP contribution in [0.1, 0.15) is 25.3 Å². The maximum absolute atomic E-state index is 4.50. The Balaban J connectivity index is 1.06. The van der Waals surface area contributed by atoms with Crippen molar-refractivity contribution in [1.82, 2.24) is 0 Å². The van der Waals surface area contributed by atoms with E-state index >= 15 is 0 Å². The van der Waals surface area contributed by atoms with Gasteiger partial charge in [0.15, 0.2) is 0 Å². The Morgan fingerprint density at radius 1 is 0.459 bits per heavy atom. The van der Waals surface area contributed by atoms with E-state index in [4.69, 9.17) is 0 Å². The van der Waals surface area contributed by atoms with Gasteiger partial charge in [-0.1, -0.05) is 196 Å². The third-order valence-corrected chi connectivity index (χ3v) is 11.3. The standard InChI is InChI=1S/C59H48N2/c1-3-4-8-17-43(2)57-39-34-50-22-15-16-25-58(50)59(57)60-53-41-51(45-20-11-6-12-21-45)40-52(42-53)49-32-37-56(38-33-49)61(54-23-13-7-14-24-54)55-35-30-48(31-36-55)47-28-26-46(27-29-47)44-18-9-5-10-19-44/h5-42,60H,2-4H2,1H3/b17-8-. The van der Waals surface area contributed by atoms with Gasteiger partial charge in [0.05, 0.1) is 5.69 Å². The maximum Gasteiger partial charge on any atom is 0.0543 e. The molecule has 2 heteroatoms. The second-order valence-electron chi connectivity index (χ2n) is 15.4. The largest absolute Gasteiger partial charge is 0.354 e. The van der Waals surface area contributed by atoms with Crippen LogP contribution in [0.15, 0.2) is 237 Å². The molecular weight excluding hydrogens is 737 g/mol. The highest BCUT2D eigenvalue weighted by Crippen LogP contribution is 2.40. The van der Waals surface area contributed by atoms with Crippen LogP contribution in [0.4, 0.5) is 28.4 Å².